The molecule has 0 spiro atoms. The van der Waals surface area contributed by atoms with Crippen LogP contribution in [0.5, 0.6) is 0 Å². The summed E-state index contributed by atoms with van der Waals surface area (Å²) < 4.78 is 0. The molecular formula is C19H23N. The second-order valence-corrected chi connectivity index (χ2v) is 5.71. The van der Waals surface area contributed by atoms with Crippen LogP contribution in [0, 0.1) is 0 Å². The predicted molar refractivity (Wildman–Crippen MR) is 84.8 cm³/mol. The van der Waals surface area contributed by atoms with Crippen molar-refractivity contribution in [3.05, 3.63) is 71.3 Å². The van der Waals surface area contributed by atoms with Crippen molar-refractivity contribution >= 4 is 0 Å². The Balaban J connectivity index is 1.72. The van der Waals surface area contributed by atoms with Gasteiger partial charge in [-0.05, 0) is 42.5 Å². The van der Waals surface area contributed by atoms with Crippen LogP contribution in [-0.4, -0.2) is 17.5 Å². The number of aryl methyl sites for hydroxylation is 1. The molecule has 0 bridgehead atoms. The summed E-state index contributed by atoms with van der Waals surface area (Å²) in [5.74, 6) is 0. The van der Waals surface area contributed by atoms with Crippen LogP contribution in [0.15, 0.2) is 54.6 Å². The second-order valence-electron chi connectivity index (χ2n) is 5.71. The molecule has 3 rings (SSSR count). The van der Waals surface area contributed by atoms with Crippen LogP contribution in [0.2, 0.25) is 0 Å². The van der Waals surface area contributed by atoms with Gasteiger partial charge in [0.15, 0.2) is 0 Å². The monoisotopic (exact) mass is 265 g/mol. The Morgan fingerprint density at radius 2 is 1.65 bits per heavy atom. The molecule has 1 aliphatic rings. The summed E-state index contributed by atoms with van der Waals surface area (Å²) >= 11 is 0. The van der Waals surface area contributed by atoms with Gasteiger partial charge in [-0.2, -0.15) is 0 Å². The Morgan fingerprint density at radius 3 is 2.40 bits per heavy atom. The van der Waals surface area contributed by atoms with Gasteiger partial charge in [-0.15, -0.1) is 0 Å². The van der Waals surface area contributed by atoms with Crippen LogP contribution >= 0.6 is 0 Å². The van der Waals surface area contributed by atoms with Crippen molar-refractivity contribution in [3.8, 4) is 0 Å². The van der Waals surface area contributed by atoms with E-state index in [9.17, 15) is 0 Å². The Labute approximate surface area is 122 Å². The molecule has 0 aromatic heterocycles. The summed E-state index contributed by atoms with van der Waals surface area (Å²) in [6.45, 7) is 4.48. The van der Waals surface area contributed by atoms with Crippen molar-refractivity contribution in [1.82, 2.24) is 4.90 Å². The molecule has 0 saturated carbocycles. The van der Waals surface area contributed by atoms with Gasteiger partial charge in [-0.1, -0.05) is 61.5 Å². The summed E-state index contributed by atoms with van der Waals surface area (Å²) in [6.07, 6.45) is 3.72. The first-order valence-corrected chi connectivity index (χ1v) is 7.71. The zero-order valence-electron chi connectivity index (χ0n) is 12.3. The zero-order valence-corrected chi connectivity index (χ0v) is 12.3. The Bertz CT molecular complexity index is 547. The predicted octanol–water partition coefficient (Wildman–Crippen LogP) is 4.07. The van der Waals surface area contributed by atoms with E-state index in [0.29, 0.717) is 6.04 Å². The van der Waals surface area contributed by atoms with E-state index in [1.165, 1.54) is 24.8 Å². The lowest BCUT2D eigenvalue weighted by Crippen LogP contribution is -2.38. The van der Waals surface area contributed by atoms with Crippen LogP contribution in [-0.2, 0) is 19.4 Å². The Hall–Kier alpha value is -1.60. The molecule has 2 aromatic carbocycles. The number of hydrogen-bond acceptors (Lipinski definition) is 1. The molecule has 20 heavy (non-hydrogen) atoms. The van der Waals surface area contributed by atoms with Gasteiger partial charge in [0.05, 0.1) is 0 Å². The fourth-order valence-electron chi connectivity index (χ4n) is 3.31. The normalized spacial score (nSPS) is 18.0. The SMILES string of the molecule is CCN(Cc1ccccc1)C1CCc2ccccc2C1. The van der Waals surface area contributed by atoms with Gasteiger partial charge in [-0.3, -0.25) is 4.90 Å². The van der Waals surface area contributed by atoms with Gasteiger partial charge >= 0.3 is 0 Å². The Morgan fingerprint density at radius 1 is 0.950 bits per heavy atom. The molecule has 1 unspecified atom stereocenters. The lowest BCUT2D eigenvalue weighted by molar-refractivity contribution is 0.180. The van der Waals surface area contributed by atoms with E-state index in [0.717, 1.165) is 13.1 Å². The summed E-state index contributed by atoms with van der Waals surface area (Å²) in [5.41, 5.74) is 4.53. The highest BCUT2D eigenvalue weighted by molar-refractivity contribution is 5.30. The molecule has 1 aliphatic carbocycles. The summed E-state index contributed by atoms with van der Waals surface area (Å²) in [4.78, 5) is 2.63. The largest absolute Gasteiger partial charge is 0.296 e. The topological polar surface area (TPSA) is 3.24 Å². The van der Waals surface area contributed by atoms with Gasteiger partial charge in [0.1, 0.15) is 0 Å². The number of benzene rings is 2. The minimum atomic E-state index is 0.690. The number of likely N-dealkylation sites (N-methyl/N-ethyl adjacent to an activating group) is 1. The van der Waals surface area contributed by atoms with Gasteiger partial charge < -0.3 is 0 Å². The van der Waals surface area contributed by atoms with Gasteiger partial charge in [0, 0.05) is 12.6 Å². The summed E-state index contributed by atoms with van der Waals surface area (Å²) in [7, 11) is 0. The third-order valence-corrected chi connectivity index (χ3v) is 4.47. The van der Waals surface area contributed by atoms with E-state index in [4.69, 9.17) is 0 Å². The van der Waals surface area contributed by atoms with Crippen molar-refractivity contribution in [2.75, 3.05) is 6.54 Å². The molecule has 104 valence electrons. The van der Waals surface area contributed by atoms with E-state index in [2.05, 4.69) is 66.4 Å². The highest BCUT2D eigenvalue weighted by atomic mass is 15.1. The summed E-state index contributed by atoms with van der Waals surface area (Å²) in [5, 5.41) is 0. The van der Waals surface area contributed by atoms with Crippen molar-refractivity contribution in [2.45, 2.75) is 38.8 Å². The standard InChI is InChI=1S/C19H23N/c1-2-20(15-16-8-4-3-5-9-16)19-13-12-17-10-6-7-11-18(17)14-19/h3-11,19H,2,12-15H2,1H3. The average Bonchev–Trinajstić information content (AvgIpc) is 2.53. The molecule has 0 saturated heterocycles. The molecule has 0 radical (unpaired) electrons. The molecule has 0 aliphatic heterocycles. The number of hydrogen-bond donors (Lipinski definition) is 0. The van der Waals surface area contributed by atoms with Gasteiger partial charge in [-0.25, -0.2) is 0 Å². The molecule has 0 heterocycles. The number of fused-ring (bicyclic) bond motifs is 1. The van der Waals surface area contributed by atoms with E-state index in [1.807, 2.05) is 0 Å². The van der Waals surface area contributed by atoms with E-state index in [1.54, 1.807) is 11.1 Å². The fourth-order valence-corrected chi connectivity index (χ4v) is 3.31. The molecule has 0 N–H and O–H groups in total. The van der Waals surface area contributed by atoms with Crippen LogP contribution < -0.4 is 0 Å². The molecule has 0 fully saturated rings. The van der Waals surface area contributed by atoms with Crippen molar-refractivity contribution in [3.63, 3.8) is 0 Å². The minimum Gasteiger partial charge on any atom is -0.296 e. The lowest BCUT2D eigenvalue weighted by Gasteiger charge is -2.34. The maximum absolute atomic E-state index is 2.63. The quantitative estimate of drug-likeness (QED) is 0.805. The molecule has 1 heteroatoms. The van der Waals surface area contributed by atoms with Crippen molar-refractivity contribution in [2.24, 2.45) is 0 Å². The molecule has 2 aromatic rings. The zero-order chi connectivity index (χ0) is 13.8. The minimum absolute atomic E-state index is 0.690. The third-order valence-electron chi connectivity index (χ3n) is 4.47. The fraction of sp³-hybridized carbons (Fsp3) is 0.368. The van der Waals surface area contributed by atoms with Crippen LogP contribution in [0.25, 0.3) is 0 Å². The van der Waals surface area contributed by atoms with E-state index < -0.39 is 0 Å². The van der Waals surface area contributed by atoms with E-state index in [-0.39, 0.29) is 0 Å². The third kappa shape index (κ3) is 2.94. The maximum Gasteiger partial charge on any atom is 0.0236 e. The highest BCUT2D eigenvalue weighted by Gasteiger charge is 2.23. The highest BCUT2D eigenvalue weighted by Crippen LogP contribution is 2.25. The molecular weight excluding hydrogens is 242 g/mol. The summed E-state index contributed by atoms with van der Waals surface area (Å²) in [6, 6.07) is 20.5. The smallest absolute Gasteiger partial charge is 0.0236 e. The van der Waals surface area contributed by atoms with Crippen LogP contribution in [0.4, 0.5) is 0 Å². The van der Waals surface area contributed by atoms with Gasteiger partial charge in [0.2, 0.25) is 0 Å². The molecule has 0 amide bonds. The second kappa shape index (κ2) is 6.23. The van der Waals surface area contributed by atoms with Crippen LogP contribution in [0.1, 0.15) is 30.0 Å². The van der Waals surface area contributed by atoms with E-state index >= 15 is 0 Å². The first-order valence-electron chi connectivity index (χ1n) is 7.71. The average molecular weight is 265 g/mol. The first kappa shape index (κ1) is 13.4. The maximum atomic E-state index is 2.63. The van der Waals surface area contributed by atoms with Crippen molar-refractivity contribution in [1.29, 1.82) is 0 Å². The Kier molecular flexibility index (Phi) is 4.17. The lowest BCUT2D eigenvalue weighted by atomic mass is 9.87. The van der Waals surface area contributed by atoms with Crippen LogP contribution in [0.3, 0.4) is 0 Å². The molecule has 1 nitrogen and oxygen atoms in total. The van der Waals surface area contributed by atoms with Crippen molar-refractivity contribution < 1.29 is 0 Å². The molecule has 1 atom stereocenters. The first-order chi connectivity index (χ1) is 9.86. The number of rotatable bonds is 4. The van der Waals surface area contributed by atoms with Gasteiger partial charge in [0.25, 0.3) is 0 Å². The number of nitrogens with zero attached hydrogens (tertiary/aromatic N) is 1.